The maximum Gasteiger partial charge on any atom is 0.306 e. The van der Waals surface area contributed by atoms with E-state index in [4.69, 9.17) is 5.11 Å². The number of benzene rings is 1. The molecule has 24 heavy (non-hydrogen) atoms. The molecule has 1 aliphatic carbocycles. The van der Waals surface area contributed by atoms with Crippen LogP contribution in [0.2, 0.25) is 0 Å². The summed E-state index contributed by atoms with van der Waals surface area (Å²) in [7, 11) is 0. The van der Waals surface area contributed by atoms with Gasteiger partial charge in [-0.25, -0.2) is 9.67 Å². The Morgan fingerprint density at radius 3 is 2.62 bits per heavy atom. The summed E-state index contributed by atoms with van der Waals surface area (Å²) in [6.45, 7) is 0.591. The molecule has 3 rings (SSSR count). The summed E-state index contributed by atoms with van der Waals surface area (Å²) in [5, 5.41) is 16.0. The molecule has 1 fully saturated rings. The molecule has 2 aromatic rings. The molecule has 0 saturated heterocycles. The van der Waals surface area contributed by atoms with Crippen LogP contribution in [-0.2, 0) is 16.1 Å². The Balaban J connectivity index is 1.57. The van der Waals surface area contributed by atoms with E-state index in [1.165, 1.54) is 6.33 Å². The molecule has 1 aromatic carbocycles. The number of amides is 1. The first-order valence-corrected chi connectivity index (χ1v) is 8.07. The van der Waals surface area contributed by atoms with Gasteiger partial charge >= 0.3 is 5.97 Å². The van der Waals surface area contributed by atoms with Crippen molar-refractivity contribution in [2.45, 2.75) is 32.2 Å². The van der Waals surface area contributed by atoms with Gasteiger partial charge < -0.3 is 10.4 Å². The van der Waals surface area contributed by atoms with Crippen LogP contribution >= 0.6 is 0 Å². The zero-order valence-electron chi connectivity index (χ0n) is 13.3. The van der Waals surface area contributed by atoms with Crippen molar-refractivity contribution in [3.63, 3.8) is 0 Å². The van der Waals surface area contributed by atoms with Gasteiger partial charge in [0.1, 0.15) is 12.7 Å². The molecular formula is C17H20N4O3. The molecule has 1 aromatic heterocycles. The molecular weight excluding hydrogens is 308 g/mol. The second-order valence-electron chi connectivity index (χ2n) is 6.17. The summed E-state index contributed by atoms with van der Waals surface area (Å²) < 4.78 is 1.72. The number of aliphatic carboxylic acids is 1. The Kier molecular flexibility index (Phi) is 4.88. The average molecular weight is 328 g/mol. The van der Waals surface area contributed by atoms with Crippen molar-refractivity contribution >= 4 is 17.6 Å². The highest BCUT2D eigenvalue weighted by Crippen LogP contribution is 2.29. The third kappa shape index (κ3) is 3.98. The Hall–Kier alpha value is -2.70. The van der Waals surface area contributed by atoms with Gasteiger partial charge in [-0.15, -0.1) is 0 Å². The van der Waals surface area contributed by atoms with Gasteiger partial charge in [0.2, 0.25) is 5.91 Å². The normalized spacial score (nSPS) is 20.5. The topological polar surface area (TPSA) is 97.1 Å². The first-order valence-electron chi connectivity index (χ1n) is 8.07. The Morgan fingerprint density at radius 1 is 1.21 bits per heavy atom. The SMILES string of the molecule is O=C(O)C1CCC(C(=O)Nc2cccc(Cn3cncn3)c2)CC1. The first kappa shape index (κ1) is 16.2. The third-order valence-corrected chi connectivity index (χ3v) is 4.45. The fourth-order valence-corrected chi connectivity index (χ4v) is 3.10. The monoisotopic (exact) mass is 328 g/mol. The average Bonchev–Trinajstić information content (AvgIpc) is 3.08. The zero-order chi connectivity index (χ0) is 16.9. The molecule has 1 saturated carbocycles. The van der Waals surface area contributed by atoms with Crippen molar-refractivity contribution in [2.75, 3.05) is 5.32 Å². The fourth-order valence-electron chi connectivity index (χ4n) is 3.10. The van der Waals surface area contributed by atoms with Crippen LogP contribution in [0.3, 0.4) is 0 Å². The second-order valence-corrected chi connectivity index (χ2v) is 6.17. The molecule has 1 amide bonds. The lowest BCUT2D eigenvalue weighted by molar-refractivity contribution is -0.143. The highest BCUT2D eigenvalue weighted by Gasteiger charge is 2.29. The lowest BCUT2D eigenvalue weighted by Crippen LogP contribution is -2.29. The van der Waals surface area contributed by atoms with Gasteiger partial charge in [0, 0.05) is 11.6 Å². The number of carboxylic acids is 1. The predicted octanol–water partition coefficient (Wildman–Crippen LogP) is 2.16. The van der Waals surface area contributed by atoms with E-state index >= 15 is 0 Å². The van der Waals surface area contributed by atoms with Crippen molar-refractivity contribution < 1.29 is 14.7 Å². The standard InChI is InChI=1S/C17H20N4O3/c22-16(13-4-6-14(7-5-13)17(23)24)20-15-3-1-2-12(8-15)9-21-11-18-10-19-21/h1-3,8,10-11,13-14H,4-7,9H2,(H,20,22)(H,23,24). The Bertz CT molecular complexity index is 706. The van der Waals surface area contributed by atoms with E-state index < -0.39 is 5.97 Å². The lowest BCUT2D eigenvalue weighted by Gasteiger charge is -2.25. The molecule has 0 spiro atoms. The van der Waals surface area contributed by atoms with E-state index in [2.05, 4.69) is 15.4 Å². The minimum absolute atomic E-state index is 0.0308. The molecule has 0 atom stereocenters. The quantitative estimate of drug-likeness (QED) is 0.876. The van der Waals surface area contributed by atoms with Gasteiger partial charge in [-0.1, -0.05) is 12.1 Å². The van der Waals surface area contributed by atoms with Gasteiger partial charge in [-0.2, -0.15) is 5.10 Å². The van der Waals surface area contributed by atoms with Crippen LogP contribution in [-0.4, -0.2) is 31.7 Å². The minimum Gasteiger partial charge on any atom is -0.481 e. The first-order chi connectivity index (χ1) is 11.6. The third-order valence-electron chi connectivity index (χ3n) is 4.45. The minimum atomic E-state index is -0.755. The molecule has 1 heterocycles. The molecule has 0 unspecified atom stereocenters. The number of nitrogens with zero attached hydrogens (tertiary/aromatic N) is 3. The highest BCUT2D eigenvalue weighted by molar-refractivity contribution is 5.92. The number of carbonyl (C=O) groups excluding carboxylic acids is 1. The van der Waals surface area contributed by atoms with Gasteiger partial charge in [0.25, 0.3) is 0 Å². The Labute approximate surface area is 139 Å². The van der Waals surface area contributed by atoms with Gasteiger partial charge in [-0.3, -0.25) is 9.59 Å². The molecule has 0 aliphatic heterocycles. The summed E-state index contributed by atoms with van der Waals surface area (Å²) in [6, 6.07) is 7.63. The van der Waals surface area contributed by atoms with Crippen LogP contribution < -0.4 is 5.32 Å². The van der Waals surface area contributed by atoms with E-state index in [-0.39, 0.29) is 17.7 Å². The van der Waals surface area contributed by atoms with Crippen molar-refractivity contribution in [1.82, 2.24) is 14.8 Å². The van der Waals surface area contributed by atoms with Crippen molar-refractivity contribution in [3.8, 4) is 0 Å². The summed E-state index contributed by atoms with van der Waals surface area (Å²) >= 11 is 0. The second kappa shape index (κ2) is 7.25. The fraction of sp³-hybridized carbons (Fsp3) is 0.412. The van der Waals surface area contributed by atoms with Crippen LogP contribution in [0.5, 0.6) is 0 Å². The number of carboxylic acid groups (broad SMARTS) is 1. The number of nitrogens with one attached hydrogen (secondary N) is 1. The predicted molar refractivity (Wildman–Crippen MR) is 87.3 cm³/mol. The maximum atomic E-state index is 12.4. The number of carbonyl (C=O) groups is 2. The van der Waals surface area contributed by atoms with Gasteiger partial charge in [0.15, 0.2) is 0 Å². The van der Waals surface area contributed by atoms with Crippen molar-refractivity contribution in [3.05, 3.63) is 42.5 Å². The van der Waals surface area contributed by atoms with Crippen molar-refractivity contribution in [2.24, 2.45) is 11.8 Å². The molecule has 7 nitrogen and oxygen atoms in total. The number of hydrogen-bond donors (Lipinski definition) is 2. The van der Waals surface area contributed by atoms with Crippen LogP contribution in [0.4, 0.5) is 5.69 Å². The number of aromatic nitrogens is 3. The van der Waals surface area contributed by atoms with E-state index in [9.17, 15) is 9.59 Å². The molecule has 0 radical (unpaired) electrons. The summed E-state index contributed by atoms with van der Waals surface area (Å²) in [6.07, 6.45) is 5.52. The molecule has 1 aliphatic rings. The van der Waals surface area contributed by atoms with Gasteiger partial charge in [-0.05, 0) is 43.4 Å². The number of rotatable bonds is 5. The molecule has 0 bridgehead atoms. The maximum absolute atomic E-state index is 12.4. The largest absolute Gasteiger partial charge is 0.481 e. The van der Waals surface area contributed by atoms with Gasteiger partial charge in [0.05, 0.1) is 12.5 Å². The molecule has 126 valence electrons. The van der Waals surface area contributed by atoms with Crippen LogP contribution in [0.25, 0.3) is 0 Å². The Morgan fingerprint density at radius 2 is 1.96 bits per heavy atom. The van der Waals surface area contributed by atoms with Crippen molar-refractivity contribution in [1.29, 1.82) is 0 Å². The van der Waals surface area contributed by atoms with Crippen LogP contribution in [0.15, 0.2) is 36.9 Å². The smallest absolute Gasteiger partial charge is 0.306 e. The summed E-state index contributed by atoms with van der Waals surface area (Å²) in [5.41, 5.74) is 1.77. The van der Waals surface area contributed by atoms with E-state index in [1.54, 1.807) is 11.0 Å². The van der Waals surface area contributed by atoms with Crippen LogP contribution in [0.1, 0.15) is 31.2 Å². The summed E-state index contributed by atoms with van der Waals surface area (Å²) in [5.74, 6) is -1.20. The molecule has 7 heteroatoms. The number of anilines is 1. The highest BCUT2D eigenvalue weighted by atomic mass is 16.4. The molecule has 2 N–H and O–H groups in total. The van der Waals surface area contributed by atoms with E-state index in [1.807, 2.05) is 24.3 Å². The van der Waals surface area contributed by atoms with Crippen LogP contribution in [0, 0.1) is 11.8 Å². The zero-order valence-corrected chi connectivity index (χ0v) is 13.3. The van der Waals surface area contributed by atoms with E-state index in [0.717, 1.165) is 11.3 Å². The van der Waals surface area contributed by atoms with E-state index in [0.29, 0.717) is 32.2 Å². The lowest BCUT2D eigenvalue weighted by atomic mass is 9.81. The summed E-state index contributed by atoms with van der Waals surface area (Å²) in [4.78, 5) is 27.3. The number of hydrogen-bond acceptors (Lipinski definition) is 4.